The lowest BCUT2D eigenvalue weighted by Crippen LogP contribution is -2.36. The number of hydrogen-bond donors (Lipinski definition) is 1. The predicted octanol–water partition coefficient (Wildman–Crippen LogP) is 3.42. The number of nitrogens with one attached hydrogen (secondary N) is 1. The molecule has 2 aromatic heterocycles. The number of ether oxygens (including phenoxy) is 1. The van der Waals surface area contributed by atoms with Gasteiger partial charge in [-0.2, -0.15) is 0 Å². The largest absolute Gasteiger partial charge is 0.495 e. The van der Waals surface area contributed by atoms with Gasteiger partial charge in [0.2, 0.25) is 0 Å². The van der Waals surface area contributed by atoms with Crippen molar-refractivity contribution in [3.63, 3.8) is 0 Å². The zero-order valence-electron chi connectivity index (χ0n) is 14.6. The Bertz CT molecular complexity index is 811. The monoisotopic (exact) mass is 336 g/mol. The Morgan fingerprint density at radius 2 is 2.16 bits per heavy atom. The molecule has 1 fully saturated rings. The van der Waals surface area contributed by atoms with Crippen LogP contribution in [0, 0.1) is 5.92 Å². The fraction of sp³-hybridized carbons (Fsp3) is 0.400. The summed E-state index contributed by atoms with van der Waals surface area (Å²) >= 11 is 0. The molecule has 4 rings (SSSR count). The molecule has 1 unspecified atom stereocenters. The number of piperidine rings is 1. The van der Waals surface area contributed by atoms with E-state index in [1.165, 1.54) is 12.8 Å². The Kier molecular flexibility index (Phi) is 4.65. The number of nitrogens with zero attached hydrogens (tertiary/aromatic N) is 3. The van der Waals surface area contributed by atoms with Gasteiger partial charge in [0.05, 0.1) is 23.8 Å². The number of fused-ring (bicyclic) bond motifs is 1. The Morgan fingerprint density at radius 1 is 1.24 bits per heavy atom. The number of imidazole rings is 1. The summed E-state index contributed by atoms with van der Waals surface area (Å²) in [7, 11) is 1.71. The number of hydrogen-bond acceptors (Lipinski definition) is 4. The van der Waals surface area contributed by atoms with Gasteiger partial charge in [-0.25, -0.2) is 4.98 Å². The number of H-pyrrole nitrogens is 1. The van der Waals surface area contributed by atoms with E-state index >= 15 is 0 Å². The summed E-state index contributed by atoms with van der Waals surface area (Å²) in [6.45, 7) is 3.05. The van der Waals surface area contributed by atoms with E-state index in [4.69, 9.17) is 9.72 Å². The van der Waals surface area contributed by atoms with E-state index < -0.39 is 0 Å². The molecular weight excluding hydrogens is 312 g/mol. The van der Waals surface area contributed by atoms with Gasteiger partial charge in [0.15, 0.2) is 0 Å². The minimum Gasteiger partial charge on any atom is -0.495 e. The average molecular weight is 336 g/mol. The van der Waals surface area contributed by atoms with Gasteiger partial charge in [-0.05, 0) is 49.6 Å². The third-order valence-electron chi connectivity index (χ3n) is 4.97. The second-order valence-corrected chi connectivity index (χ2v) is 6.80. The van der Waals surface area contributed by atoms with Crippen LogP contribution >= 0.6 is 0 Å². The summed E-state index contributed by atoms with van der Waals surface area (Å²) in [4.78, 5) is 15.2. The number of rotatable bonds is 5. The molecule has 3 aromatic rings. The summed E-state index contributed by atoms with van der Waals surface area (Å²) in [5.41, 5.74) is 3.21. The Hall–Kier alpha value is -2.40. The van der Waals surface area contributed by atoms with E-state index in [-0.39, 0.29) is 0 Å². The van der Waals surface area contributed by atoms with Gasteiger partial charge in [-0.1, -0.05) is 12.1 Å². The maximum Gasteiger partial charge on any atom is 0.141 e. The number of methoxy groups -OCH3 is 1. The Balaban J connectivity index is 1.42. The minimum absolute atomic E-state index is 0.629. The highest BCUT2D eigenvalue weighted by Gasteiger charge is 2.22. The first-order chi connectivity index (χ1) is 12.3. The molecule has 1 saturated heterocycles. The molecule has 1 N–H and O–H groups in total. The zero-order valence-corrected chi connectivity index (χ0v) is 14.6. The molecule has 0 aliphatic carbocycles. The maximum atomic E-state index is 5.44. The lowest BCUT2D eigenvalue weighted by molar-refractivity contribution is 0.162. The van der Waals surface area contributed by atoms with E-state index in [1.807, 2.05) is 30.5 Å². The molecule has 0 radical (unpaired) electrons. The van der Waals surface area contributed by atoms with Crippen molar-refractivity contribution >= 4 is 11.0 Å². The molecule has 0 bridgehead atoms. The molecule has 1 aromatic carbocycles. The normalized spacial score (nSPS) is 18.5. The molecule has 1 aliphatic rings. The summed E-state index contributed by atoms with van der Waals surface area (Å²) in [6, 6.07) is 12.1. The molecule has 1 aliphatic heterocycles. The molecule has 1 atom stereocenters. The van der Waals surface area contributed by atoms with Crippen LogP contribution in [0.3, 0.4) is 0 Å². The van der Waals surface area contributed by atoms with Gasteiger partial charge in [-0.3, -0.25) is 9.88 Å². The minimum atomic E-state index is 0.629. The SMILES string of the molecule is COc1cccnc1CN1CCCC(Cc2nc3ccccc3[nH]2)C1. The lowest BCUT2D eigenvalue weighted by atomic mass is 9.94. The highest BCUT2D eigenvalue weighted by molar-refractivity contribution is 5.74. The number of benzene rings is 1. The number of likely N-dealkylation sites (tertiary alicyclic amines) is 1. The topological polar surface area (TPSA) is 54.0 Å². The van der Waals surface area contributed by atoms with Crippen molar-refractivity contribution < 1.29 is 4.74 Å². The molecule has 0 spiro atoms. The van der Waals surface area contributed by atoms with Gasteiger partial charge in [-0.15, -0.1) is 0 Å². The van der Waals surface area contributed by atoms with Crippen LogP contribution in [0.2, 0.25) is 0 Å². The van der Waals surface area contributed by atoms with Gasteiger partial charge >= 0.3 is 0 Å². The number of pyridine rings is 1. The Morgan fingerprint density at radius 3 is 3.04 bits per heavy atom. The summed E-state index contributed by atoms with van der Waals surface area (Å²) in [5.74, 6) is 2.61. The fourth-order valence-corrected chi connectivity index (χ4v) is 3.78. The van der Waals surface area contributed by atoms with Crippen LogP contribution in [-0.4, -0.2) is 40.1 Å². The molecule has 0 saturated carbocycles. The maximum absolute atomic E-state index is 5.44. The van der Waals surface area contributed by atoms with Crippen molar-refractivity contribution in [3.8, 4) is 5.75 Å². The molecule has 5 nitrogen and oxygen atoms in total. The third-order valence-corrected chi connectivity index (χ3v) is 4.97. The van der Waals surface area contributed by atoms with Gasteiger partial charge in [0, 0.05) is 25.7 Å². The van der Waals surface area contributed by atoms with E-state index in [0.717, 1.165) is 54.4 Å². The quantitative estimate of drug-likeness (QED) is 0.776. The van der Waals surface area contributed by atoms with Crippen LogP contribution in [0.15, 0.2) is 42.6 Å². The van der Waals surface area contributed by atoms with Crippen LogP contribution in [0.25, 0.3) is 11.0 Å². The number of aromatic amines is 1. The van der Waals surface area contributed by atoms with E-state index in [1.54, 1.807) is 7.11 Å². The van der Waals surface area contributed by atoms with Crippen molar-refractivity contribution in [3.05, 3.63) is 54.1 Å². The van der Waals surface area contributed by atoms with Crippen LogP contribution < -0.4 is 4.74 Å². The first-order valence-corrected chi connectivity index (χ1v) is 8.95. The van der Waals surface area contributed by atoms with Crippen LogP contribution in [-0.2, 0) is 13.0 Å². The molecule has 3 heterocycles. The van der Waals surface area contributed by atoms with Crippen molar-refractivity contribution in [1.29, 1.82) is 0 Å². The van der Waals surface area contributed by atoms with E-state index in [2.05, 4.69) is 27.0 Å². The molecule has 25 heavy (non-hydrogen) atoms. The predicted molar refractivity (Wildman–Crippen MR) is 98.6 cm³/mol. The summed E-state index contributed by atoms with van der Waals surface area (Å²) in [6.07, 6.45) is 5.32. The van der Waals surface area contributed by atoms with Crippen LogP contribution in [0.1, 0.15) is 24.4 Å². The van der Waals surface area contributed by atoms with Gasteiger partial charge in [0.1, 0.15) is 11.6 Å². The summed E-state index contributed by atoms with van der Waals surface area (Å²) in [5, 5.41) is 0. The van der Waals surface area contributed by atoms with Crippen molar-refractivity contribution in [2.45, 2.75) is 25.8 Å². The second-order valence-electron chi connectivity index (χ2n) is 6.80. The van der Waals surface area contributed by atoms with Crippen LogP contribution in [0.5, 0.6) is 5.75 Å². The first-order valence-electron chi connectivity index (χ1n) is 8.95. The van der Waals surface area contributed by atoms with Crippen LogP contribution in [0.4, 0.5) is 0 Å². The smallest absolute Gasteiger partial charge is 0.141 e. The molecule has 130 valence electrons. The van der Waals surface area contributed by atoms with E-state index in [0.29, 0.717) is 5.92 Å². The van der Waals surface area contributed by atoms with Gasteiger partial charge < -0.3 is 9.72 Å². The highest BCUT2D eigenvalue weighted by Crippen LogP contribution is 2.24. The van der Waals surface area contributed by atoms with Crippen molar-refractivity contribution in [2.75, 3.05) is 20.2 Å². The average Bonchev–Trinajstić information content (AvgIpc) is 3.04. The fourth-order valence-electron chi connectivity index (χ4n) is 3.78. The third kappa shape index (κ3) is 3.66. The second kappa shape index (κ2) is 7.23. The zero-order chi connectivity index (χ0) is 17.1. The van der Waals surface area contributed by atoms with Gasteiger partial charge in [0.25, 0.3) is 0 Å². The van der Waals surface area contributed by atoms with Crippen molar-refractivity contribution in [1.82, 2.24) is 19.9 Å². The van der Waals surface area contributed by atoms with Crippen molar-refractivity contribution in [2.24, 2.45) is 5.92 Å². The number of para-hydroxylation sites is 2. The standard InChI is InChI=1S/C20H24N4O/c1-25-19-9-4-10-21-18(19)14-24-11-5-6-15(13-24)12-20-22-16-7-2-3-8-17(16)23-20/h2-4,7-10,15H,5-6,11-14H2,1H3,(H,22,23). The first kappa shape index (κ1) is 16.1. The van der Waals surface area contributed by atoms with E-state index in [9.17, 15) is 0 Å². The lowest BCUT2D eigenvalue weighted by Gasteiger charge is -2.32. The molecular formula is C20H24N4O. The highest BCUT2D eigenvalue weighted by atomic mass is 16.5. The summed E-state index contributed by atoms with van der Waals surface area (Å²) < 4.78 is 5.44. The molecule has 5 heteroatoms. The number of aromatic nitrogens is 3. The molecule has 0 amide bonds. The Labute approximate surface area is 148 Å².